The van der Waals surface area contributed by atoms with Crippen LogP contribution in [0.25, 0.3) is 0 Å². The predicted molar refractivity (Wildman–Crippen MR) is 62.2 cm³/mol. The lowest BCUT2D eigenvalue weighted by molar-refractivity contribution is 0.0158. The van der Waals surface area contributed by atoms with Crippen LogP contribution in [0.15, 0.2) is 11.6 Å². The first-order valence-corrected chi connectivity index (χ1v) is 6.33. The highest BCUT2D eigenvalue weighted by Crippen LogP contribution is 2.34. The SMILES string of the molecule is CNCC1(Cc2nccs2)CCOCC1. The fraction of sp³-hybridized carbons (Fsp3) is 0.727. The van der Waals surface area contributed by atoms with Crippen molar-refractivity contribution in [2.24, 2.45) is 5.41 Å². The number of hydrogen-bond acceptors (Lipinski definition) is 4. The van der Waals surface area contributed by atoms with Crippen molar-refractivity contribution in [1.82, 2.24) is 10.3 Å². The fourth-order valence-corrected chi connectivity index (χ4v) is 3.05. The minimum atomic E-state index is 0.366. The van der Waals surface area contributed by atoms with Gasteiger partial charge < -0.3 is 10.1 Å². The minimum absolute atomic E-state index is 0.366. The van der Waals surface area contributed by atoms with Crippen molar-refractivity contribution in [1.29, 1.82) is 0 Å². The Morgan fingerprint density at radius 3 is 2.93 bits per heavy atom. The first-order valence-electron chi connectivity index (χ1n) is 5.45. The molecule has 1 aliphatic heterocycles. The van der Waals surface area contributed by atoms with Crippen molar-refractivity contribution in [3.8, 4) is 0 Å². The van der Waals surface area contributed by atoms with Gasteiger partial charge in [0.15, 0.2) is 0 Å². The molecule has 0 amide bonds. The van der Waals surface area contributed by atoms with E-state index in [1.165, 1.54) is 5.01 Å². The van der Waals surface area contributed by atoms with Gasteiger partial charge in [-0.05, 0) is 25.3 Å². The van der Waals surface area contributed by atoms with Crippen molar-refractivity contribution in [3.63, 3.8) is 0 Å². The van der Waals surface area contributed by atoms with Crippen LogP contribution < -0.4 is 5.32 Å². The summed E-state index contributed by atoms with van der Waals surface area (Å²) in [5.74, 6) is 0. The van der Waals surface area contributed by atoms with E-state index >= 15 is 0 Å². The largest absolute Gasteiger partial charge is 0.381 e. The van der Waals surface area contributed by atoms with Gasteiger partial charge in [0.05, 0.1) is 5.01 Å². The summed E-state index contributed by atoms with van der Waals surface area (Å²) in [6.07, 6.45) is 5.28. The molecule has 1 aliphatic rings. The standard InChI is InChI=1S/C11H18N2OS/c1-12-9-11(2-5-14-6-3-11)8-10-13-4-7-15-10/h4,7,12H,2-3,5-6,8-9H2,1H3. The Balaban J connectivity index is 2.04. The highest BCUT2D eigenvalue weighted by Gasteiger charge is 2.32. The van der Waals surface area contributed by atoms with Crippen molar-refractivity contribution in [2.45, 2.75) is 19.3 Å². The number of aromatic nitrogens is 1. The molecule has 2 rings (SSSR count). The van der Waals surface area contributed by atoms with Crippen LogP contribution in [0, 0.1) is 5.41 Å². The van der Waals surface area contributed by atoms with E-state index in [1.807, 2.05) is 13.2 Å². The summed E-state index contributed by atoms with van der Waals surface area (Å²) in [7, 11) is 2.03. The Labute approximate surface area is 94.9 Å². The second-order valence-corrected chi connectivity index (χ2v) is 5.22. The lowest BCUT2D eigenvalue weighted by atomic mass is 9.77. The summed E-state index contributed by atoms with van der Waals surface area (Å²) >= 11 is 1.76. The molecule has 1 aromatic heterocycles. The lowest BCUT2D eigenvalue weighted by Gasteiger charge is -2.36. The average Bonchev–Trinajstić information content (AvgIpc) is 2.72. The van der Waals surface area contributed by atoms with Crippen molar-refractivity contribution >= 4 is 11.3 Å². The molecule has 1 aromatic rings. The maximum absolute atomic E-state index is 5.45. The van der Waals surface area contributed by atoms with Crippen LogP contribution in [0.2, 0.25) is 0 Å². The third-order valence-corrected chi connectivity index (χ3v) is 3.89. The van der Waals surface area contributed by atoms with Crippen molar-refractivity contribution in [3.05, 3.63) is 16.6 Å². The van der Waals surface area contributed by atoms with Gasteiger partial charge in [-0.3, -0.25) is 0 Å². The first kappa shape index (κ1) is 11.0. The molecule has 0 saturated carbocycles. The summed E-state index contributed by atoms with van der Waals surface area (Å²) in [5, 5.41) is 6.63. The summed E-state index contributed by atoms with van der Waals surface area (Å²) in [6, 6.07) is 0. The Morgan fingerprint density at radius 2 is 2.33 bits per heavy atom. The van der Waals surface area contributed by atoms with Crippen LogP contribution >= 0.6 is 11.3 Å². The van der Waals surface area contributed by atoms with Crippen molar-refractivity contribution < 1.29 is 4.74 Å². The molecule has 0 radical (unpaired) electrons. The maximum atomic E-state index is 5.45. The molecule has 4 heteroatoms. The van der Waals surface area contributed by atoms with Gasteiger partial charge in [-0.15, -0.1) is 11.3 Å². The number of rotatable bonds is 4. The van der Waals surface area contributed by atoms with E-state index in [1.54, 1.807) is 11.3 Å². The van der Waals surface area contributed by atoms with E-state index in [0.717, 1.165) is 39.0 Å². The Hall–Kier alpha value is -0.450. The second-order valence-electron chi connectivity index (χ2n) is 4.25. The van der Waals surface area contributed by atoms with E-state index < -0.39 is 0 Å². The third kappa shape index (κ3) is 2.77. The summed E-state index contributed by atoms with van der Waals surface area (Å²) in [4.78, 5) is 4.39. The van der Waals surface area contributed by atoms with Crippen LogP contribution in [0.4, 0.5) is 0 Å². The molecule has 0 aromatic carbocycles. The first-order chi connectivity index (χ1) is 7.35. The average molecular weight is 226 g/mol. The van der Waals surface area contributed by atoms with Gasteiger partial charge in [0, 0.05) is 37.8 Å². The molecule has 15 heavy (non-hydrogen) atoms. The quantitative estimate of drug-likeness (QED) is 0.848. The topological polar surface area (TPSA) is 34.2 Å². The Kier molecular flexibility index (Phi) is 3.72. The van der Waals surface area contributed by atoms with E-state index in [4.69, 9.17) is 4.74 Å². The van der Waals surface area contributed by atoms with Gasteiger partial charge in [-0.1, -0.05) is 0 Å². The molecular formula is C11H18N2OS. The van der Waals surface area contributed by atoms with Crippen LogP contribution in [0.1, 0.15) is 17.8 Å². The zero-order valence-corrected chi connectivity index (χ0v) is 9.98. The molecular weight excluding hydrogens is 208 g/mol. The molecule has 0 aliphatic carbocycles. The second kappa shape index (κ2) is 5.05. The zero-order valence-electron chi connectivity index (χ0n) is 9.16. The molecule has 1 fully saturated rings. The van der Waals surface area contributed by atoms with E-state index in [-0.39, 0.29) is 0 Å². The lowest BCUT2D eigenvalue weighted by Crippen LogP contribution is -2.39. The van der Waals surface area contributed by atoms with E-state index in [2.05, 4.69) is 15.7 Å². The van der Waals surface area contributed by atoms with Gasteiger partial charge in [0.2, 0.25) is 0 Å². The summed E-state index contributed by atoms with van der Waals surface area (Å²) in [5.41, 5.74) is 0.366. The molecule has 0 bridgehead atoms. The van der Waals surface area contributed by atoms with Gasteiger partial charge in [-0.2, -0.15) is 0 Å². The van der Waals surface area contributed by atoms with Crippen LogP contribution in [0.5, 0.6) is 0 Å². The number of thiazole rings is 1. The van der Waals surface area contributed by atoms with Gasteiger partial charge in [0.25, 0.3) is 0 Å². The fourth-order valence-electron chi connectivity index (χ4n) is 2.26. The summed E-state index contributed by atoms with van der Waals surface area (Å²) < 4.78 is 5.45. The Morgan fingerprint density at radius 1 is 1.53 bits per heavy atom. The summed E-state index contributed by atoms with van der Waals surface area (Å²) in [6.45, 7) is 2.86. The van der Waals surface area contributed by atoms with Gasteiger partial charge in [0.1, 0.15) is 0 Å². The molecule has 84 valence electrons. The van der Waals surface area contributed by atoms with E-state index in [0.29, 0.717) is 5.41 Å². The minimum Gasteiger partial charge on any atom is -0.381 e. The smallest absolute Gasteiger partial charge is 0.0930 e. The third-order valence-electron chi connectivity index (χ3n) is 3.11. The molecule has 3 nitrogen and oxygen atoms in total. The molecule has 2 heterocycles. The number of nitrogens with one attached hydrogen (secondary N) is 1. The van der Waals surface area contributed by atoms with Crippen LogP contribution in [-0.4, -0.2) is 31.8 Å². The number of nitrogens with zero attached hydrogens (tertiary/aromatic N) is 1. The monoisotopic (exact) mass is 226 g/mol. The van der Waals surface area contributed by atoms with Crippen molar-refractivity contribution in [2.75, 3.05) is 26.8 Å². The molecule has 1 saturated heterocycles. The van der Waals surface area contributed by atoms with Crippen LogP contribution in [-0.2, 0) is 11.2 Å². The predicted octanol–water partition coefficient (Wildman–Crippen LogP) is 1.70. The highest BCUT2D eigenvalue weighted by atomic mass is 32.1. The molecule has 0 atom stereocenters. The number of ether oxygens (including phenoxy) is 1. The van der Waals surface area contributed by atoms with Gasteiger partial charge in [-0.25, -0.2) is 4.98 Å². The number of hydrogen-bond donors (Lipinski definition) is 1. The van der Waals surface area contributed by atoms with E-state index in [9.17, 15) is 0 Å². The molecule has 0 spiro atoms. The highest BCUT2D eigenvalue weighted by molar-refractivity contribution is 7.09. The zero-order chi connectivity index (χ0) is 10.6. The van der Waals surface area contributed by atoms with Gasteiger partial charge >= 0.3 is 0 Å². The Bertz CT molecular complexity index is 275. The van der Waals surface area contributed by atoms with Crippen LogP contribution in [0.3, 0.4) is 0 Å². The molecule has 1 N–H and O–H groups in total. The normalized spacial score (nSPS) is 20.3. The maximum Gasteiger partial charge on any atom is 0.0930 e. The molecule has 0 unspecified atom stereocenters.